The highest BCUT2D eigenvalue weighted by Crippen LogP contribution is 2.51. The number of rotatable bonds is 2. The highest BCUT2D eigenvalue weighted by molar-refractivity contribution is 6.31. The van der Waals surface area contributed by atoms with Crippen LogP contribution in [0.3, 0.4) is 0 Å². The minimum atomic E-state index is -0.300. The summed E-state index contributed by atoms with van der Waals surface area (Å²) in [7, 11) is 0. The van der Waals surface area contributed by atoms with Gasteiger partial charge in [-0.05, 0) is 25.5 Å². The van der Waals surface area contributed by atoms with Crippen LogP contribution in [-0.2, 0) is 4.79 Å². The van der Waals surface area contributed by atoms with Gasteiger partial charge < -0.3 is 10.2 Å². The molecule has 3 rings (SSSR count). The number of carbonyl (C=O) groups is 1. The van der Waals surface area contributed by atoms with E-state index in [2.05, 4.69) is 5.32 Å². The lowest BCUT2D eigenvalue weighted by molar-refractivity contribution is -0.135. The van der Waals surface area contributed by atoms with E-state index in [1.54, 1.807) is 12.1 Å². The molecule has 1 heterocycles. The number of nitrogens with one attached hydrogen (secondary N) is 1. The number of hydrogen-bond acceptors (Lipinski definition) is 2. The molecule has 1 aliphatic carbocycles. The minimum Gasteiger partial charge on any atom is -0.337 e. The number of nitrogens with zero attached hydrogens (tertiary/aromatic N) is 1. The maximum atomic E-state index is 13.9. The number of piperazine rings is 1. The Hall–Kier alpha value is -1.13. The molecule has 20 heavy (non-hydrogen) atoms. The fourth-order valence-corrected chi connectivity index (χ4v) is 3.34. The van der Waals surface area contributed by atoms with Gasteiger partial charge in [0.15, 0.2) is 0 Å². The fourth-order valence-electron chi connectivity index (χ4n) is 3.03. The largest absolute Gasteiger partial charge is 0.337 e. The Kier molecular flexibility index (Phi) is 3.69. The van der Waals surface area contributed by atoms with Crippen molar-refractivity contribution in [1.29, 1.82) is 0 Å². The van der Waals surface area contributed by atoms with Crippen molar-refractivity contribution in [3.63, 3.8) is 0 Å². The molecule has 1 aliphatic heterocycles. The summed E-state index contributed by atoms with van der Waals surface area (Å²) < 4.78 is 13.9. The van der Waals surface area contributed by atoms with Crippen LogP contribution in [-0.4, -0.2) is 36.5 Å². The molecule has 1 saturated heterocycles. The van der Waals surface area contributed by atoms with E-state index in [-0.39, 0.29) is 29.6 Å². The smallest absolute Gasteiger partial charge is 0.226 e. The molecule has 0 radical (unpaired) electrons. The third-order valence-corrected chi connectivity index (χ3v) is 4.59. The number of amides is 1. The summed E-state index contributed by atoms with van der Waals surface area (Å²) in [6, 6.07) is 4.90. The summed E-state index contributed by atoms with van der Waals surface area (Å²) in [5.74, 6) is -0.322. The van der Waals surface area contributed by atoms with E-state index in [0.717, 1.165) is 19.6 Å². The molecule has 1 saturated carbocycles. The van der Waals surface area contributed by atoms with Crippen LogP contribution >= 0.6 is 11.6 Å². The van der Waals surface area contributed by atoms with Gasteiger partial charge in [-0.1, -0.05) is 17.7 Å². The third kappa shape index (κ3) is 2.42. The van der Waals surface area contributed by atoms with Gasteiger partial charge in [0.1, 0.15) is 5.82 Å². The third-order valence-electron chi connectivity index (χ3n) is 4.26. The molecule has 1 N–H and O–H groups in total. The lowest BCUT2D eigenvalue weighted by Crippen LogP contribution is -2.52. The van der Waals surface area contributed by atoms with E-state index in [4.69, 9.17) is 11.6 Å². The van der Waals surface area contributed by atoms with Gasteiger partial charge in [0.25, 0.3) is 0 Å². The molecular formula is C15H18ClFN2O. The molecule has 1 aromatic carbocycles. The molecule has 2 unspecified atom stereocenters. The van der Waals surface area contributed by atoms with Gasteiger partial charge in [-0.25, -0.2) is 4.39 Å². The number of carbonyl (C=O) groups excluding carboxylic acids is 1. The molecule has 0 spiro atoms. The zero-order valence-electron chi connectivity index (χ0n) is 11.4. The number of halogens is 2. The molecule has 2 aliphatic rings. The lowest BCUT2D eigenvalue weighted by Gasteiger charge is -2.34. The van der Waals surface area contributed by atoms with Crippen LogP contribution in [0.4, 0.5) is 4.39 Å². The Bertz CT molecular complexity index is 516. The van der Waals surface area contributed by atoms with E-state index >= 15 is 0 Å². The average Bonchev–Trinajstić information content (AvgIpc) is 3.18. The van der Waals surface area contributed by atoms with Crippen molar-refractivity contribution in [3.8, 4) is 0 Å². The highest BCUT2D eigenvalue weighted by atomic mass is 35.5. The minimum absolute atomic E-state index is 0.0571. The Morgan fingerprint density at radius 1 is 1.50 bits per heavy atom. The number of benzene rings is 1. The first-order chi connectivity index (χ1) is 9.59. The van der Waals surface area contributed by atoms with Crippen molar-refractivity contribution >= 4 is 17.5 Å². The second kappa shape index (κ2) is 5.34. The van der Waals surface area contributed by atoms with Gasteiger partial charge in [0, 0.05) is 48.1 Å². The summed E-state index contributed by atoms with van der Waals surface area (Å²) in [5.41, 5.74) is 0.510. The zero-order valence-corrected chi connectivity index (χ0v) is 12.2. The summed E-state index contributed by atoms with van der Waals surface area (Å²) in [6.07, 6.45) is 0.704. The van der Waals surface area contributed by atoms with Gasteiger partial charge in [0.05, 0.1) is 0 Å². The van der Waals surface area contributed by atoms with E-state index in [1.165, 1.54) is 6.07 Å². The normalized spacial score (nSPS) is 29.4. The van der Waals surface area contributed by atoms with Crippen molar-refractivity contribution in [2.45, 2.75) is 25.3 Å². The van der Waals surface area contributed by atoms with Crippen LogP contribution in [0.5, 0.6) is 0 Å². The van der Waals surface area contributed by atoms with Crippen LogP contribution in [0.25, 0.3) is 0 Å². The van der Waals surface area contributed by atoms with Crippen LogP contribution < -0.4 is 5.32 Å². The number of hydrogen-bond donors (Lipinski definition) is 1. The summed E-state index contributed by atoms with van der Waals surface area (Å²) in [6.45, 7) is 4.42. The SMILES string of the molecule is C[C@H]1CNCCN1C(=O)C1CC1c1c(F)cccc1Cl. The summed E-state index contributed by atoms with van der Waals surface area (Å²) in [4.78, 5) is 14.4. The van der Waals surface area contributed by atoms with Crippen molar-refractivity contribution in [2.75, 3.05) is 19.6 Å². The molecule has 0 bridgehead atoms. The van der Waals surface area contributed by atoms with Gasteiger partial charge in [-0.2, -0.15) is 0 Å². The van der Waals surface area contributed by atoms with Crippen LogP contribution in [0.1, 0.15) is 24.8 Å². The standard InChI is InChI=1S/C15H18ClFN2O/c1-9-8-18-5-6-19(9)15(20)11-7-10(11)14-12(16)3-2-4-13(14)17/h2-4,9-11,18H,5-8H2,1H3/t9-,10?,11?/m0/s1. The molecule has 5 heteroatoms. The first-order valence-corrected chi connectivity index (χ1v) is 7.42. The maximum absolute atomic E-state index is 13.9. The molecule has 1 aromatic rings. The Labute approximate surface area is 123 Å². The van der Waals surface area contributed by atoms with Crippen molar-refractivity contribution in [1.82, 2.24) is 10.2 Å². The Morgan fingerprint density at radius 3 is 3.00 bits per heavy atom. The van der Waals surface area contributed by atoms with Crippen LogP contribution in [0.2, 0.25) is 5.02 Å². The predicted molar refractivity (Wildman–Crippen MR) is 76.3 cm³/mol. The molecule has 1 amide bonds. The zero-order chi connectivity index (χ0) is 14.3. The first kappa shape index (κ1) is 13.8. The van der Waals surface area contributed by atoms with Crippen LogP contribution in [0.15, 0.2) is 18.2 Å². The van der Waals surface area contributed by atoms with E-state index in [9.17, 15) is 9.18 Å². The quantitative estimate of drug-likeness (QED) is 0.909. The van der Waals surface area contributed by atoms with Gasteiger partial charge in [0.2, 0.25) is 5.91 Å². The molecular weight excluding hydrogens is 279 g/mol. The average molecular weight is 297 g/mol. The molecule has 3 nitrogen and oxygen atoms in total. The maximum Gasteiger partial charge on any atom is 0.226 e. The molecule has 0 aromatic heterocycles. The van der Waals surface area contributed by atoms with Crippen molar-refractivity contribution < 1.29 is 9.18 Å². The Balaban J connectivity index is 1.74. The van der Waals surface area contributed by atoms with Crippen molar-refractivity contribution in [3.05, 3.63) is 34.6 Å². The topological polar surface area (TPSA) is 32.3 Å². The van der Waals surface area contributed by atoms with Gasteiger partial charge in [-0.3, -0.25) is 4.79 Å². The van der Waals surface area contributed by atoms with E-state index in [0.29, 0.717) is 17.0 Å². The van der Waals surface area contributed by atoms with Crippen LogP contribution in [0, 0.1) is 11.7 Å². The summed E-state index contributed by atoms with van der Waals surface area (Å²) >= 11 is 6.07. The monoisotopic (exact) mass is 296 g/mol. The molecule has 108 valence electrons. The van der Waals surface area contributed by atoms with E-state index in [1.807, 2.05) is 11.8 Å². The fraction of sp³-hybridized carbons (Fsp3) is 0.533. The first-order valence-electron chi connectivity index (χ1n) is 7.04. The van der Waals surface area contributed by atoms with E-state index < -0.39 is 0 Å². The lowest BCUT2D eigenvalue weighted by atomic mass is 10.1. The van der Waals surface area contributed by atoms with Crippen molar-refractivity contribution in [2.24, 2.45) is 5.92 Å². The second-order valence-electron chi connectivity index (χ2n) is 5.67. The molecule has 2 fully saturated rings. The second-order valence-corrected chi connectivity index (χ2v) is 6.08. The highest BCUT2D eigenvalue weighted by Gasteiger charge is 2.48. The predicted octanol–water partition coefficient (Wildman–Crippen LogP) is 2.40. The Morgan fingerprint density at radius 2 is 2.30 bits per heavy atom. The van der Waals surface area contributed by atoms with Gasteiger partial charge >= 0.3 is 0 Å². The summed E-state index contributed by atoms with van der Waals surface area (Å²) in [5, 5.41) is 3.69. The van der Waals surface area contributed by atoms with Gasteiger partial charge in [-0.15, -0.1) is 0 Å². The molecule has 3 atom stereocenters.